The average Bonchev–Trinajstić information content (AvgIpc) is 3.94. The predicted molar refractivity (Wildman–Crippen MR) is 221 cm³/mol. The van der Waals surface area contributed by atoms with Gasteiger partial charge in [-0.2, -0.15) is 0 Å². The summed E-state index contributed by atoms with van der Waals surface area (Å²) < 4.78 is 3.67. The minimum atomic E-state index is -0.0973. The van der Waals surface area contributed by atoms with E-state index in [0.29, 0.717) is 0 Å². The molecule has 0 aliphatic heterocycles. The molecule has 0 unspecified atom stereocenters. The van der Waals surface area contributed by atoms with E-state index in [1.165, 1.54) is 65.0 Å². The van der Waals surface area contributed by atoms with Crippen molar-refractivity contribution in [3.05, 3.63) is 157 Å². The number of nitrogens with zero attached hydrogens (tertiary/aromatic N) is 4. The molecule has 1 aliphatic carbocycles. The first kappa shape index (κ1) is 29.2. The van der Waals surface area contributed by atoms with Crippen molar-refractivity contribution in [1.82, 2.24) is 19.4 Å². The van der Waals surface area contributed by atoms with Gasteiger partial charge in [0.15, 0.2) is 5.82 Å². The fourth-order valence-corrected chi connectivity index (χ4v) is 10.2. The average molecular weight is 695 g/mol. The third kappa shape index (κ3) is 3.92. The van der Waals surface area contributed by atoms with Crippen molar-refractivity contribution in [3.8, 4) is 44.3 Å². The molecular weight excluding hydrogens is 665 g/mol. The molecule has 0 bridgehead atoms. The SMILES string of the molecule is CC1(C)c2ccccc2-c2ccc(-c3nc(-c4ccc5c(c4)c4cc6nc(-c7ccccc7)sc6c6c7ccccc7n5c46)nc4ccccc34)cc21. The predicted octanol–water partition coefficient (Wildman–Crippen LogP) is 12.7. The number of fused-ring (bicyclic) bond motifs is 12. The first-order chi connectivity index (χ1) is 26.0. The van der Waals surface area contributed by atoms with E-state index in [2.05, 4.69) is 164 Å². The Kier molecular flexibility index (Phi) is 5.69. The molecular formula is C48H30N4S. The summed E-state index contributed by atoms with van der Waals surface area (Å²) in [4.78, 5) is 15.8. The normalized spacial score (nSPS) is 13.6. The van der Waals surface area contributed by atoms with Gasteiger partial charge in [-0.15, -0.1) is 11.3 Å². The van der Waals surface area contributed by atoms with E-state index in [1.807, 2.05) is 0 Å². The Balaban J connectivity index is 1.09. The highest BCUT2D eigenvalue weighted by atomic mass is 32.1. The minimum Gasteiger partial charge on any atom is -0.308 e. The zero-order valence-electron chi connectivity index (χ0n) is 29.1. The highest BCUT2D eigenvalue weighted by molar-refractivity contribution is 7.22. The quantitative estimate of drug-likeness (QED) is 0.185. The summed E-state index contributed by atoms with van der Waals surface area (Å²) >= 11 is 1.78. The fraction of sp³-hybridized carbons (Fsp3) is 0.0625. The van der Waals surface area contributed by atoms with Gasteiger partial charge in [-0.25, -0.2) is 15.0 Å². The van der Waals surface area contributed by atoms with Crippen molar-refractivity contribution in [2.24, 2.45) is 0 Å². The van der Waals surface area contributed by atoms with Crippen molar-refractivity contribution in [2.75, 3.05) is 0 Å². The van der Waals surface area contributed by atoms with Crippen LogP contribution >= 0.6 is 11.3 Å². The Labute approximate surface area is 309 Å². The van der Waals surface area contributed by atoms with E-state index in [4.69, 9.17) is 15.0 Å². The molecule has 248 valence electrons. The molecule has 7 aromatic carbocycles. The Morgan fingerprint density at radius 1 is 0.509 bits per heavy atom. The number of aromatic nitrogens is 4. The van der Waals surface area contributed by atoms with Crippen LogP contribution in [0.4, 0.5) is 0 Å². The van der Waals surface area contributed by atoms with Gasteiger partial charge < -0.3 is 4.40 Å². The molecule has 0 saturated heterocycles. The number of para-hydroxylation sites is 2. The van der Waals surface area contributed by atoms with Crippen LogP contribution in [-0.2, 0) is 5.41 Å². The van der Waals surface area contributed by atoms with Gasteiger partial charge >= 0.3 is 0 Å². The summed E-state index contributed by atoms with van der Waals surface area (Å²) in [6, 6.07) is 52.4. The standard InChI is InChI=1S/C48H30N4S/c1-48(2)36-17-9-6-14-30(36)31-22-20-28(25-37(31)48)43-32-15-7-10-18-38(32)49-46(51-43)29-21-23-41-34(24-29)35-26-39-45(53-47(50-39)27-12-4-3-5-13-27)42-33-16-8-11-19-40(33)52(41)44(35)42/h3-26H,1-2H3. The van der Waals surface area contributed by atoms with Crippen LogP contribution in [0, 0.1) is 0 Å². The maximum Gasteiger partial charge on any atom is 0.160 e. The van der Waals surface area contributed by atoms with Gasteiger partial charge in [0.25, 0.3) is 0 Å². The van der Waals surface area contributed by atoms with Gasteiger partial charge in [0.05, 0.1) is 38.0 Å². The number of hydrogen-bond acceptors (Lipinski definition) is 4. The molecule has 4 nitrogen and oxygen atoms in total. The lowest BCUT2D eigenvalue weighted by Crippen LogP contribution is -2.14. The molecule has 0 amide bonds. The maximum absolute atomic E-state index is 5.38. The zero-order valence-corrected chi connectivity index (χ0v) is 29.9. The molecule has 4 heterocycles. The molecule has 4 aromatic heterocycles. The zero-order chi connectivity index (χ0) is 35.0. The van der Waals surface area contributed by atoms with Gasteiger partial charge in [-0.1, -0.05) is 117 Å². The van der Waals surface area contributed by atoms with Gasteiger partial charge in [-0.3, -0.25) is 0 Å². The molecule has 0 atom stereocenters. The summed E-state index contributed by atoms with van der Waals surface area (Å²) in [5, 5.41) is 7.01. The van der Waals surface area contributed by atoms with Crippen LogP contribution in [0.3, 0.4) is 0 Å². The minimum absolute atomic E-state index is 0.0973. The van der Waals surface area contributed by atoms with Crippen molar-refractivity contribution in [3.63, 3.8) is 0 Å². The molecule has 1 aliphatic rings. The second kappa shape index (κ2) is 10.3. The van der Waals surface area contributed by atoms with Crippen LogP contribution in [0.25, 0.3) is 104 Å². The van der Waals surface area contributed by atoms with Crippen molar-refractivity contribution in [2.45, 2.75) is 19.3 Å². The van der Waals surface area contributed by atoms with E-state index in [0.717, 1.165) is 49.6 Å². The lowest BCUT2D eigenvalue weighted by molar-refractivity contribution is 0.660. The van der Waals surface area contributed by atoms with E-state index in [1.54, 1.807) is 11.3 Å². The van der Waals surface area contributed by atoms with E-state index in [-0.39, 0.29) is 5.41 Å². The number of hydrogen-bond donors (Lipinski definition) is 0. The monoisotopic (exact) mass is 694 g/mol. The largest absolute Gasteiger partial charge is 0.308 e. The van der Waals surface area contributed by atoms with E-state index in [9.17, 15) is 0 Å². The first-order valence-electron chi connectivity index (χ1n) is 18.1. The third-order valence-electron chi connectivity index (χ3n) is 11.6. The molecule has 0 saturated carbocycles. The van der Waals surface area contributed by atoms with Crippen molar-refractivity contribution >= 4 is 70.6 Å². The van der Waals surface area contributed by atoms with Crippen LogP contribution in [0.1, 0.15) is 25.0 Å². The van der Waals surface area contributed by atoms with Gasteiger partial charge in [-0.05, 0) is 64.7 Å². The Morgan fingerprint density at radius 3 is 2.15 bits per heavy atom. The number of thiazole rings is 1. The van der Waals surface area contributed by atoms with Crippen LogP contribution in [0.5, 0.6) is 0 Å². The fourth-order valence-electron chi connectivity index (χ4n) is 9.06. The Morgan fingerprint density at radius 2 is 1.25 bits per heavy atom. The molecule has 0 radical (unpaired) electrons. The molecule has 0 spiro atoms. The van der Waals surface area contributed by atoms with Crippen molar-refractivity contribution < 1.29 is 0 Å². The Hall–Kier alpha value is -6.43. The molecule has 12 rings (SSSR count). The summed E-state index contributed by atoms with van der Waals surface area (Å²) in [5.74, 6) is 0.725. The van der Waals surface area contributed by atoms with Gasteiger partial charge in [0, 0.05) is 49.0 Å². The molecule has 0 fully saturated rings. The lowest BCUT2D eigenvalue weighted by Gasteiger charge is -2.22. The summed E-state index contributed by atoms with van der Waals surface area (Å²) in [7, 11) is 0. The maximum atomic E-state index is 5.38. The first-order valence-corrected chi connectivity index (χ1v) is 18.9. The summed E-state index contributed by atoms with van der Waals surface area (Å²) in [5.41, 5.74) is 15.1. The molecule has 11 aromatic rings. The van der Waals surface area contributed by atoms with Crippen LogP contribution in [0.15, 0.2) is 146 Å². The number of benzene rings is 7. The van der Waals surface area contributed by atoms with Gasteiger partial charge in [0.1, 0.15) is 5.01 Å². The Bertz CT molecular complexity index is 3320. The molecule has 0 N–H and O–H groups in total. The van der Waals surface area contributed by atoms with Crippen LogP contribution in [-0.4, -0.2) is 19.4 Å². The molecule has 53 heavy (non-hydrogen) atoms. The second-order valence-corrected chi connectivity index (χ2v) is 15.8. The highest BCUT2D eigenvalue weighted by Crippen LogP contribution is 2.50. The van der Waals surface area contributed by atoms with E-state index < -0.39 is 0 Å². The smallest absolute Gasteiger partial charge is 0.160 e. The van der Waals surface area contributed by atoms with Crippen molar-refractivity contribution in [1.29, 1.82) is 0 Å². The van der Waals surface area contributed by atoms with Crippen LogP contribution < -0.4 is 0 Å². The second-order valence-electron chi connectivity index (χ2n) is 14.8. The molecule has 5 heteroatoms. The van der Waals surface area contributed by atoms with Gasteiger partial charge in [0.2, 0.25) is 0 Å². The topological polar surface area (TPSA) is 43.1 Å². The highest BCUT2D eigenvalue weighted by Gasteiger charge is 2.35. The van der Waals surface area contributed by atoms with Crippen LogP contribution in [0.2, 0.25) is 0 Å². The summed E-state index contributed by atoms with van der Waals surface area (Å²) in [6.07, 6.45) is 0. The lowest BCUT2D eigenvalue weighted by atomic mass is 9.82. The third-order valence-corrected chi connectivity index (χ3v) is 12.7. The van der Waals surface area contributed by atoms with E-state index >= 15 is 0 Å². The summed E-state index contributed by atoms with van der Waals surface area (Å²) in [6.45, 7) is 4.66. The number of rotatable bonds is 3.